The predicted molar refractivity (Wildman–Crippen MR) is 76.4 cm³/mol. The second kappa shape index (κ2) is 5.10. The molecule has 2 heterocycles. The molecular weight excluding hydrogens is 270 g/mol. The minimum absolute atomic E-state index is 0. The van der Waals surface area contributed by atoms with Crippen LogP contribution in [-0.4, -0.2) is 29.8 Å². The summed E-state index contributed by atoms with van der Waals surface area (Å²) in [6.07, 6.45) is 10.2. The second-order valence-electron chi connectivity index (χ2n) is 4.67. The molecule has 0 aromatic heterocycles. The molecule has 0 aromatic carbocycles. The normalized spacial score (nSPS) is 36.2. The summed E-state index contributed by atoms with van der Waals surface area (Å²) in [5.74, 6) is 1.15. The van der Waals surface area contributed by atoms with Gasteiger partial charge in [0.2, 0.25) is 0 Å². The highest BCUT2D eigenvalue weighted by atomic mass is 35.5. The average Bonchev–Trinajstić information content (AvgIpc) is 2.75. The van der Waals surface area contributed by atoms with Gasteiger partial charge in [-0.3, -0.25) is 9.79 Å². The molecule has 3 atom stereocenters. The van der Waals surface area contributed by atoms with E-state index in [0.717, 1.165) is 24.3 Å². The Balaban J connectivity index is 0.00000120. The van der Waals surface area contributed by atoms with E-state index in [1.54, 1.807) is 0 Å². The highest BCUT2D eigenvalue weighted by Crippen LogP contribution is 2.57. The minimum Gasteiger partial charge on any atom is -0.469 e. The van der Waals surface area contributed by atoms with Gasteiger partial charge in [-0.1, -0.05) is 12.2 Å². The number of methoxy groups -OCH3 is 1. The quantitative estimate of drug-likeness (QED) is 0.695. The Bertz CT molecular complexity index is 446. The van der Waals surface area contributed by atoms with E-state index in [1.807, 2.05) is 18.0 Å². The monoisotopic (exact) mass is 285 g/mol. The Morgan fingerprint density at radius 3 is 3.22 bits per heavy atom. The van der Waals surface area contributed by atoms with Crippen LogP contribution in [-0.2, 0) is 9.53 Å². The van der Waals surface area contributed by atoms with Gasteiger partial charge in [0.15, 0.2) is 0 Å². The summed E-state index contributed by atoms with van der Waals surface area (Å²) < 4.78 is 4.96. The van der Waals surface area contributed by atoms with Crippen molar-refractivity contribution < 1.29 is 9.53 Å². The first-order chi connectivity index (χ1) is 8.28. The van der Waals surface area contributed by atoms with Crippen LogP contribution in [0.15, 0.2) is 28.9 Å². The fourth-order valence-corrected chi connectivity index (χ4v) is 4.87. The van der Waals surface area contributed by atoms with Crippen molar-refractivity contribution in [1.29, 1.82) is 0 Å². The van der Waals surface area contributed by atoms with Crippen LogP contribution < -0.4 is 0 Å². The summed E-state index contributed by atoms with van der Waals surface area (Å²) >= 11 is 1.88. The van der Waals surface area contributed by atoms with Gasteiger partial charge in [0.1, 0.15) is 0 Å². The van der Waals surface area contributed by atoms with Crippen LogP contribution in [0.5, 0.6) is 0 Å². The summed E-state index contributed by atoms with van der Waals surface area (Å²) in [6.45, 7) is 0. The lowest BCUT2D eigenvalue weighted by molar-refractivity contribution is -0.146. The highest BCUT2D eigenvalue weighted by Gasteiger charge is 2.54. The molecule has 3 aliphatic rings. The van der Waals surface area contributed by atoms with Crippen LogP contribution >= 0.6 is 24.2 Å². The molecular formula is C13H16ClNO2S. The lowest BCUT2D eigenvalue weighted by atomic mass is 9.74. The van der Waals surface area contributed by atoms with E-state index >= 15 is 0 Å². The first kappa shape index (κ1) is 13.7. The maximum Gasteiger partial charge on any atom is 0.309 e. The van der Waals surface area contributed by atoms with E-state index in [9.17, 15) is 4.79 Å². The van der Waals surface area contributed by atoms with Gasteiger partial charge >= 0.3 is 5.97 Å². The Kier molecular flexibility index (Phi) is 3.87. The topological polar surface area (TPSA) is 38.7 Å². The zero-order valence-electron chi connectivity index (χ0n) is 10.2. The van der Waals surface area contributed by atoms with E-state index in [0.29, 0.717) is 5.92 Å². The Morgan fingerprint density at radius 1 is 1.61 bits per heavy atom. The molecule has 0 radical (unpaired) electrons. The molecule has 5 heteroatoms. The van der Waals surface area contributed by atoms with Crippen LogP contribution in [0.25, 0.3) is 0 Å². The maximum absolute atomic E-state index is 11.8. The van der Waals surface area contributed by atoms with Gasteiger partial charge < -0.3 is 4.74 Å². The number of aliphatic imine (C=N–C) groups is 1. The molecule has 1 saturated heterocycles. The van der Waals surface area contributed by atoms with Gasteiger partial charge in [0, 0.05) is 12.0 Å². The average molecular weight is 286 g/mol. The van der Waals surface area contributed by atoms with Gasteiger partial charge in [0.05, 0.1) is 23.5 Å². The van der Waals surface area contributed by atoms with Gasteiger partial charge in [-0.25, -0.2) is 0 Å². The maximum atomic E-state index is 11.8. The fourth-order valence-electron chi connectivity index (χ4n) is 3.06. The molecule has 0 amide bonds. The molecule has 2 aliphatic heterocycles. The van der Waals surface area contributed by atoms with Gasteiger partial charge in [-0.2, -0.15) is 0 Å². The van der Waals surface area contributed by atoms with E-state index in [4.69, 9.17) is 4.74 Å². The van der Waals surface area contributed by atoms with E-state index < -0.39 is 0 Å². The molecule has 3 rings (SSSR count). The molecule has 0 saturated carbocycles. The van der Waals surface area contributed by atoms with E-state index in [2.05, 4.69) is 23.2 Å². The summed E-state index contributed by atoms with van der Waals surface area (Å²) in [6, 6.07) is 0. The van der Waals surface area contributed by atoms with Crippen molar-refractivity contribution in [2.75, 3.05) is 12.9 Å². The molecule has 1 aliphatic carbocycles. The number of hydrogen-bond acceptors (Lipinski definition) is 4. The van der Waals surface area contributed by atoms with Gasteiger partial charge in [0.25, 0.3) is 0 Å². The van der Waals surface area contributed by atoms with Crippen LogP contribution in [0.1, 0.15) is 12.8 Å². The third kappa shape index (κ3) is 1.82. The standard InChI is InChI=1S/C13H15NO2S.ClH/c1-16-12(15)9-8-17-13-6-3-2-4-11(13)14-7-5-10(9)13;/h2-4,7,9-10H,5-6,8H2,1H3;1H. The number of thioether (sulfide) groups is 1. The first-order valence-electron chi connectivity index (χ1n) is 5.89. The first-order valence-corrected chi connectivity index (χ1v) is 6.88. The molecule has 3 unspecified atom stereocenters. The number of nitrogens with zero attached hydrogens (tertiary/aromatic N) is 1. The number of hydrogen-bond donors (Lipinski definition) is 0. The highest BCUT2D eigenvalue weighted by molar-refractivity contribution is 8.01. The molecule has 0 aromatic rings. The lowest BCUT2D eigenvalue weighted by Crippen LogP contribution is -2.40. The molecule has 3 nitrogen and oxygen atoms in total. The number of rotatable bonds is 1. The van der Waals surface area contributed by atoms with E-state index in [1.165, 1.54) is 7.11 Å². The molecule has 18 heavy (non-hydrogen) atoms. The van der Waals surface area contributed by atoms with Crippen molar-refractivity contribution in [3.63, 3.8) is 0 Å². The van der Waals surface area contributed by atoms with Crippen LogP contribution in [0.2, 0.25) is 0 Å². The van der Waals surface area contributed by atoms with Crippen molar-refractivity contribution >= 4 is 36.4 Å². The molecule has 98 valence electrons. The van der Waals surface area contributed by atoms with Gasteiger partial charge in [-0.15, -0.1) is 24.2 Å². The largest absolute Gasteiger partial charge is 0.469 e. The number of carbonyl (C=O) groups is 1. The summed E-state index contributed by atoms with van der Waals surface area (Å²) in [7, 11) is 1.48. The Hall–Kier alpha value is -0.740. The number of carbonyl (C=O) groups excluding carboxylic acids is 1. The number of halogens is 1. The van der Waals surface area contributed by atoms with Crippen molar-refractivity contribution in [2.24, 2.45) is 16.8 Å². The molecule has 0 bridgehead atoms. The molecule has 1 fully saturated rings. The predicted octanol–water partition coefficient (Wildman–Crippen LogP) is 2.62. The van der Waals surface area contributed by atoms with Crippen LogP contribution in [0.3, 0.4) is 0 Å². The van der Waals surface area contributed by atoms with Gasteiger partial charge in [-0.05, 0) is 24.8 Å². The van der Waals surface area contributed by atoms with Crippen molar-refractivity contribution in [1.82, 2.24) is 0 Å². The summed E-state index contributed by atoms with van der Waals surface area (Å²) in [4.78, 5) is 16.3. The second-order valence-corrected chi connectivity index (χ2v) is 6.02. The Morgan fingerprint density at radius 2 is 2.44 bits per heavy atom. The third-order valence-corrected chi connectivity index (χ3v) is 5.66. The Labute approximate surface area is 117 Å². The number of allylic oxidation sites excluding steroid dienone is 3. The minimum atomic E-state index is -0.0661. The molecule has 0 N–H and O–H groups in total. The van der Waals surface area contributed by atoms with Crippen molar-refractivity contribution in [3.8, 4) is 0 Å². The zero-order chi connectivity index (χ0) is 11.9. The summed E-state index contributed by atoms with van der Waals surface area (Å²) in [5, 5.41) is 0. The van der Waals surface area contributed by atoms with Crippen LogP contribution in [0, 0.1) is 11.8 Å². The number of ether oxygens (including phenoxy) is 1. The molecule has 1 spiro atoms. The van der Waals surface area contributed by atoms with Crippen molar-refractivity contribution in [3.05, 3.63) is 23.9 Å². The fraction of sp³-hybridized carbons (Fsp3) is 0.538. The lowest BCUT2D eigenvalue weighted by Gasteiger charge is -2.39. The third-order valence-electron chi connectivity index (χ3n) is 3.94. The van der Waals surface area contributed by atoms with E-state index in [-0.39, 0.29) is 29.0 Å². The summed E-state index contributed by atoms with van der Waals surface area (Å²) in [5.41, 5.74) is 1.13. The van der Waals surface area contributed by atoms with Crippen molar-refractivity contribution in [2.45, 2.75) is 17.6 Å². The number of esters is 1. The SMILES string of the molecule is COC(=O)C1CSC23CC=CC=C2N=CCC13.Cl. The smallest absolute Gasteiger partial charge is 0.309 e. The van der Waals surface area contributed by atoms with Crippen LogP contribution in [0.4, 0.5) is 0 Å². The zero-order valence-corrected chi connectivity index (χ0v) is 11.8.